The molecule has 0 aliphatic rings. The SMILES string of the molecule is C=CC(C)(C)N=C=N. The van der Waals surface area contributed by atoms with Gasteiger partial charge in [0.05, 0.1) is 11.5 Å². The molecular formula is C6H10N2. The van der Waals surface area contributed by atoms with Gasteiger partial charge >= 0.3 is 0 Å². The van der Waals surface area contributed by atoms with Gasteiger partial charge < -0.3 is 0 Å². The Balaban J connectivity index is 4.11. The Morgan fingerprint density at radius 2 is 2.25 bits per heavy atom. The van der Waals surface area contributed by atoms with Crippen LogP contribution in [0.1, 0.15) is 13.8 Å². The second-order valence-corrected chi connectivity index (χ2v) is 2.08. The monoisotopic (exact) mass is 110 g/mol. The van der Waals surface area contributed by atoms with E-state index in [-0.39, 0.29) is 5.54 Å². The highest BCUT2D eigenvalue weighted by Gasteiger charge is 2.07. The van der Waals surface area contributed by atoms with Gasteiger partial charge in [-0.2, -0.15) is 0 Å². The van der Waals surface area contributed by atoms with Gasteiger partial charge in [0.25, 0.3) is 0 Å². The maximum atomic E-state index is 6.50. The quantitative estimate of drug-likeness (QED) is 0.415. The number of hydrogen-bond acceptors (Lipinski definition) is 2. The molecule has 0 aromatic heterocycles. The van der Waals surface area contributed by atoms with Gasteiger partial charge in [0.2, 0.25) is 0 Å². The van der Waals surface area contributed by atoms with E-state index in [0.717, 1.165) is 0 Å². The summed E-state index contributed by atoms with van der Waals surface area (Å²) in [5.41, 5.74) is -0.318. The van der Waals surface area contributed by atoms with E-state index in [0.29, 0.717) is 0 Å². The van der Waals surface area contributed by atoms with Crippen LogP contribution < -0.4 is 0 Å². The Labute approximate surface area is 49.5 Å². The summed E-state index contributed by atoms with van der Waals surface area (Å²) in [5, 5.41) is 6.50. The summed E-state index contributed by atoms with van der Waals surface area (Å²) < 4.78 is 0. The van der Waals surface area contributed by atoms with Crippen LogP contribution in [0.4, 0.5) is 0 Å². The predicted molar refractivity (Wildman–Crippen MR) is 34.4 cm³/mol. The first kappa shape index (κ1) is 7.12. The van der Waals surface area contributed by atoms with Crippen LogP contribution in [0.5, 0.6) is 0 Å². The second kappa shape index (κ2) is 2.43. The third-order valence-electron chi connectivity index (χ3n) is 0.844. The van der Waals surface area contributed by atoms with Gasteiger partial charge in [0.15, 0.2) is 0 Å². The molecule has 0 rings (SSSR count). The van der Waals surface area contributed by atoms with Crippen LogP contribution in [0.15, 0.2) is 17.6 Å². The maximum absolute atomic E-state index is 6.50. The minimum Gasteiger partial charge on any atom is -0.242 e. The highest BCUT2D eigenvalue weighted by molar-refractivity contribution is 5.38. The average molecular weight is 110 g/mol. The van der Waals surface area contributed by atoms with Gasteiger partial charge in [-0.1, -0.05) is 6.08 Å². The zero-order valence-electron chi connectivity index (χ0n) is 5.23. The molecule has 0 bridgehead atoms. The van der Waals surface area contributed by atoms with Crippen molar-refractivity contribution in [2.24, 2.45) is 4.99 Å². The van der Waals surface area contributed by atoms with Gasteiger partial charge in [-0.25, -0.2) is 10.4 Å². The standard InChI is InChI=1S/C6H10N2/c1-4-6(2,3)8-5-7/h4,7H,1H2,2-3H3. The summed E-state index contributed by atoms with van der Waals surface area (Å²) in [4.78, 5) is 3.67. The fourth-order valence-electron chi connectivity index (χ4n) is 0.190. The van der Waals surface area contributed by atoms with Crippen molar-refractivity contribution in [2.45, 2.75) is 19.4 Å². The molecule has 0 unspecified atom stereocenters. The molecule has 0 saturated heterocycles. The van der Waals surface area contributed by atoms with E-state index in [1.807, 2.05) is 19.9 Å². The number of rotatable bonds is 2. The van der Waals surface area contributed by atoms with Crippen LogP contribution in [0.25, 0.3) is 0 Å². The van der Waals surface area contributed by atoms with E-state index in [9.17, 15) is 0 Å². The van der Waals surface area contributed by atoms with Crippen molar-refractivity contribution in [1.82, 2.24) is 0 Å². The Morgan fingerprint density at radius 3 is 2.38 bits per heavy atom. The summed E-state index contributed by atoms with van der Waals surface area (Å²) in [6, 6.07) is 1.96. The van der Waals surface area contributed by atoms with Crippen LogP contribution in [0.2, 0.25) is 0 Å². The van der Waals surface area contributed by atoms with Crippen molar-refractivity contribution < 1.29 is 0 Å². The van der Waals surface area contributed by atoms with Gasteiger partial charge in [0.1, 0.15) is 0 Å². The number of hydrogen-bond donors (Lipinski definition) is 1. The molecule has 0 aromatic carbocycles. The molecule has 0 aromatic rings. The van der Waals surface area contributed by atoms with E-state index in [1.165, 1.54) is 0 Å². The first-order valence-corrected chi connectivity index (χ1v) is 2.39. The zero-order valence-corrected chi connectivity index (χ0v) is 5.23. The van der Waals surface area contributed by atoms with Gasteiger partial charge in [-0.05, 0) is 13.8 Å². The molecule has 0 radical (unpaired) electrons. The summed E-state index contributed by atoms with van der Waals surface area (Å²) in [6.07, 6.45) is 1.68. The van der Waals surface area contributed by atoms with E-state index in [4.69, 9.17) is 5.41 Å². The molecule has 0 fully saturated rings. The van der Waals surface area contributed by atoms with Gasteiger partial charge in [-0.3, -0.25) is 0 Å². The van der Waals surface area contributed by atoms with Gasteiger partial charge in [0, 0.05) is 0 Å². The summed E-state index contributed by atoms with van der Waals surface area (Å²) in [7, 11) is 0. The topological polar surface area (TPSA) is 36.2 Å². The molecule has 0 saturated carbocycles. The Morgan fingerprint density at radius 1 is 1.75 bits per heavy atom. The molecule has 0 aliphatic heterocycles. The number of nitrogens with one attached hydrogen (secondary N) is 1. The lowest BCUT2D eigenvalue weighted by molar-refractivity contribution is 0.663. The number of nitrogens with zero attached hydrogens (tertiary/aromatic N) is 1. The second-order valence-electron chi connectivity index (χ2n) is 2.08. The third-order valence-corrected chi connectivity index (χ3v) is 0.844. The molecule has 0 spiro atoms. The summed E-state index contributed by atoms with van der Waals surface area (Å²) in [5.74, 6) is 0. The molecule has 0 amide bonds. The minimum atomic E-state index is -0.318. The Kier molecular flexibility index (Phi) is 2.17. The molecule has 44 valence electrons. The van der Waals surface area contributed by atoms with E-state index in [2.05, 4.69) is 11.6 Å². The average Bonchev–Trinajstić information content (AvgIpc) is 1.67. The lowest BCUT2D eigenvalue weighted by Crippen LogP contribution is -2.10. The van der Waals surface area contributed by atoms with E-state index >= 15 is 0 Å². The van der Waals surface area contributed by atoms with Crippen LogP contribution in [-0.2, 0) is 0 Å². The normalized spacial score (nSPS) is 9.75. The number of aliphatic imine (C=N–C) groups is 1. The lowest BCUT2D eigenvalue weighted by atomic mass is 10.1. The maximum Gasteiger partial charge on any atom is 0.0870 e. The lowest BCUT2D eigenvalue weighted by Gasteiger charge is -2.08. The smallest absolute Gasteiger partial charge is 0.0870 e. The fourth-order valence-corrected chi connectivity index (χ4v) is 0.190. The Bertz CT molecular complexity index is 129. The molecule has 0 heterocycles. The molecule has 2 nitrogen and oxygen atoms in total. The van der Waals surface area contributed by atoms with Crippen molar-refractivity contribution >= 4 is 6.01 Å². The van der Waals surface area contributed by atoms with E-state index in [1.54, 1.807) is 6.08 Å². The molecule has 8 heavy (non-hydrogen) atoms. The first-order valence-electron chi connectivity index (χ1n) is 2.39. The highest BCUT2D eigenvalue weighted by Crippen LogP contribution is 2.06. The molecule has 0 aliphatic carbocycles. The van der Waals surface area contributed by atoms with Gasteiger partial charge in [-0.15, -0.1) is 6.58 Å². The van der Waals surface area contributed by atoms with Crippen molar-refractivity contribution in [2.75, 3.05) is 0 Å². The first-order chi connectivity index (χ1) is 3.62. The Hall–Kier alpha value is -0.880. The molecular weight excluding hydrogens is 100 g/mol. The minimum absolute atomic E-state index is 0.318. The van der Waals surface area contributed by atoms with Crippen molar-refractivity contribution in [3.05, 3.63) is 12.7 Å². The van der Waals surface area contributed by atoms with E-state index < -0.39 is 0 Å². The molecule has 1 N–H and O–H groups in total. The summed E-state index contributed by atoms with van der Waals surface area (Å²) in [6.45, 7) is 7.26. The highest BCUT2D eigenvalue weighted by atomic mass is 14.8. The predicted octanol–water partition coefficient (Wildman–Crippen LogP) is 1.70. The largest absolute Gasteiger partial charge is 0.242 e. The van der Waals surface area contributed by atoms with Crippen molar-refractivity contribution in [3.63, 3.8) is 0 Å². The van der Waals surface area contributed by atoms with Crippen LogP contribution in [-0.4, -0.2) is 11.5 Å². The van der Waals surface area contributed by atoms with Crippen molar-refractivity contribution in [3.8, 4) is 0 Å². The summed E-state index contributed by atoms with van der Waals surface area (Å²) >= 11 is 0. The fraction of sp³-hybridized carbons (Fsp3) is 0.500. The van der Waals surface area contributed by atoms with Crippen molar-refractivity contribution in [1.29, 1.82) is 5.41 Å². The molecule has 0 atom stereocenters. The molecule has 2 heteroatoms. The van der Waals surface area contributed by atoms with Crippen LogP contribution in [0.3, 0.4) is 0 Å². The third kappa shape index (κ3) is 2.32. The van der Waals surface area contributed by atoms with Crippen LogP contribution >= 0.6 is 0 Å². The zero-order chi connectivity index (χ0) is 6.62. The van der Waals surface area contributed by atoms with Crippen LogP contribution in [0, 0.1) is 5.41 Å².